The van der Waals surface area contributed by atoms with Gasteiger partial charge in [0.25, 0.3) is 11.5 Å². The number of amides is 2. The molecule has 1 saturated carbocycles. The summed E-state index contributed by atoms with van der Waals surface area (Å²) >= 11 is 0. The Labute approximate surface area is 181 Å². The number of furan rings is 1. The van der Waals surface area contributed by atoms with Gasteiger partial charge in [0, 0.05) is 13.6 Å². The second kappa shape index (κ2) is 8.72. The smallest absolute Gasteiger partial charge is 0.408 e. The highest BCUT2D eigenvalue weighted by Crippen LogP contribution is 2.28. The molecule has 0 saturated heterocycles. The Morgan fingerprint density at radius 3 is 2.48 bits per heavy atom. The van der Waals surface area contributed by atoms with Gasteiger partial charge >= 0.3 is 6.09 Å². The summed E-state index contributed by atoms with van der Waals surface area (Å²) in [5, 5.41) is 6.11. The van der Waals surface area contributed by atoms with Crippen LogP contribution in [0.2, 0.25) is 0 Å². The molecule has 0 radical (unpaired) electrons. The predicted octanol–water partition coefficient (Wildman–Crippen LogP) is 3.18. The van der Waals surface area contributed by atoms with E-state index in [1.165, 1.54) is 10.9 Å². The lowest BCUT2D eigenvalue weighted by molar-refractivity contribution is 0.0437. The molecule has 2 N–H and O–H groups in total. The molecule has 0 bridgehead atoms. The van der Waals surface area contributed by atoms with E-state index < -0.39 is 23.1 Å². The second-order valence-corrected chi connectivity index (χ2v) is 9.38. The van der Waals surface area contributed by atoms with Gasteiger partial charge in [-0.1, -0.05) is 25.7 Å². The molecule has 1 fully saturated rings. The third kappa shape index (κ3) is 5.26. The number of carbonyl (C=O) groups excluding carboxylic acids is 2. The number of nitrogens with one attached hydrogen (secondary N) is 2. The average Bonchev–Trinajstić information content (AvgIpc) is 2.84. The third-order valence-corrected chi connectivity index (χ3v) is 5.59. The Bertz CT molecular complexity index is 1020. The molecule has 170 valence electrons. The SMILES string of the molecule is Cc1oc2ncn(C)c(=O)c2c1C(=O)NCC1(NC(=O)OC(C)(C)C)CCCCCC1. The zero-order valence-electron chi connectivity index (χ0n) is 19.0. The molecule has 9 nitrogen and oxygen atoms in total. The number of carbonyl (C=O) groups is 2. The molecule has 0 unspecified atom stereocenters. The quantitative estimate of drug-likeness (QED) is 0.717. The molecule has 2 aromatic heterocycles. The van der Waals surface area contributed by atoms with Gasteiger partial charge < -0.3 is 24.4 Å². The standard InChI is InChI=1S/C22H32N4O5/c1-14-15(16-18(30-14)24-13-26(5)19(16)28)17(27)23-12-22(10-8-6-7-9-11-22)25-20(29)31-21(2,3)4/h13H,6-12H2,1-5H3,(H,23,27)(H,25,29). The summed E-state index contributed by atoms with van der Waals surface area (Å²) in [5.41, 5.74) is -1.24. The molecule has 0 aromatic carbocycles. The van der Waals surface area contributed by atoms with Crippen molar-refractivity contribution in [3.63, 3.8) is 0 Å². The summed E-state index contributed by atoms with van der Waals surface area (Å²) in [7, 11) is 1.57. The summed E-state index contributed by atoms with van der Waals surface area (Å²) in [6.45, 7) is 7.31. The minimum atomic E-state index is -0.612. The highest BCUT2D eigenvalue weighted by atomic mass is 16.6. The topological polar surface area (TPSA) is 115 Å². The molecule has 31 heavy (non-hydrogen) atoms. The van der Waals surface area contributed by atoms with Gasteiger partial charge in [-0.05, 0) is 40.5 Å². The summed E-state index contributed by atoms with van der Waals surface area (Å²) in [4.78, 5) is 42.3. The monoisotopic (exact) mass is 432 g/mol. The molecule has 0 aliphatic heterocycles. The van der Waals surface area contributed by atoms with Crippen molar-refractivity contribution in [3.05, 3.63) is 28.0 Å². The third-order valence-electron chi connectivity index (χ3n) is 5.59. The van der Waals surface area contributed by atoms with Crippen molar-refractivity contribution in [2.45, 2.75) is 77.4 Å². The van der Waals surface area contributed by atoms with Crippen LogP contribution in [0.5, 0.6) is 0 Å². The van der Waals surface area contributed by atoms with Crippen LogP contribution in [0.3, 0.4) is 0 Å². The molecular weight excluding hydrogens is 400 g/mol. The van der Waals surface area contributed by atoms with Gasteiger partial charge in [-0.15, -0.1) is 0 Å². The molecule has 1 aliphatic rings. The number of hydrogen-bond acceptors (Lipinski definition) is 6. The first-order chi connectivity index (χ1) is 14.5. The van der Waals surface area contributed by atoms with Crippen LogP contribution in [0.4, 0.5) is 4.79 Å². The molecule has 1 aliphatic carbocycles. The van der Waals surface area contributed by atoms with E-state index in [2.05, 4.69) is 15.6 Å². The Balaban J connectivity index is 1.83. The van der Waals surface area contributed by atoms with Gasteiger partial charge in [0.2, 0.25) is 5.71 Å². The van der Waals surface area contributed by atoms with Crippen molar-refractivity contribution in [1.29, 1.82) is 0 Å². The first kappa shape index (κ1) is 22.8. The molecule has 2 aromatic rings. The number of aryl methyl sites for hydroxylation is 2. The van der Waals surface area contributed by atoms with Crippen LogP contribution in [0.25, 0.3) is 11.1 Å². The average molecular weight is 433 g/mol. The van der Waals surface area contributed by atoms with Gasteiger partial charge in [0.15, 0.2) is 0 Å². The van der Waals surface area contributed by atoms with Crippen LogP contribution in [0, 0.1) is 6.92 Å². The largest absolute Gasteiger partial charge is 0.444 e. The van der Waals surface area contributed by atoms with E-state index in [4.69, 9.17) is 9.15 Å². The summed E-state index contributed by atoms with van der Waals surface area (Å²) in [6, 6.07) is 0. The highest BCUT2D eigenvalue weighted by Gasteiger charge is 2.35. The lowest BCUT2D eigenvalue weighted by atomic mass is 9.90. The van der Waals surface area contributed by atoms with Crippen LogP contribution >= 0.6 is 0 Å². The maximum absolute atomic E-state index is 13.1. The van der Waals surface area contributed by atoms with Crippen LogP contribution < -0.4 is 16.2 Å². The lowest BCUT2D eigenvalue weighted by Gasteiger charge is -2.35. The Kier molecular flexibility index (Phi) is 6.43. The molecule has 0 atom stereocenters. The summed E-state index contributed by atoms with van der Waals surface area (Å²) < 4.78 is 12.3. The lowest BCUT2D eigenvalue weighted by Crippen LogP contribution is -2.56. The number of aromatic nitrogens is 2. The van der Waals surface area contributed by atoms with E-state index in [9.17, 15) is 14.4 Å². The van der Waals surface area contributed by atoms with E-state index in [0.29, 0.717) is 5.76 Å². The summed E-state index contributed by atoms with van der Waals surface area (Å²) in [6.07, 6.45) is 6.40. The van der Waals surface area contributed by atoms with E-state index in [-0.39, 0.29) is 28.8 Å². The Morgan fingerprint density at radius 1 is 1.23 bits per heavy atom. The fourth-order valence-corrected chi connectivity index (χ4v) is 4.07. The molecule has 0 spiro atoms. The van der Waals surface area contributed by atoms with E-state index in [1.807, 2.05) is 20.8 Å². The van der Waals surface area contributed by atoms with Crippen molar-refractivity contribution in [1.82, 2.24) is 20.2 Å². The number of nitrogens with zero attached hydrogens (tertiary/aromatic N) is 2. The number of rotatable bonds is 4. The van der Waals surface area contributed by atoms with Crippen molar-refractivity contribution in [2.75, 3.05) is 6.54 Å². The first-order valence-corrected chi connectivity index (χ1v) is 10.8. The normalized spacial score (nSPS) is 16.5. The molecule has 2 amide bonds. The number of ether oxygens (including phenoxy) is 1. The Morgan fingerprint density at radius 2 is 1.87 bits per heavy atom. The van der Waals surface area contributed by atoms with Gasteiger partial charge in [-0.25, -0.2) is 9.78 Å². The van der Waals surface area contributed by atoms with Crippen molar-refractivity contribution in [3.8, 4) is 0 Å². The van der Waals surface area contributed by atoms with Gasteiger partial charge in [0.1, 0.15) is 23.1 Å². The molecule has 3 rings (SSSR count). The summed E-state index contributed by atoms with van der Waals surface area (Å²) in [5.74, 6) is -0.0886. The number of fused-ring (bicyclic) bond motifs is 1. The predicted molar refractivity (Wildman–Crippen MR) is 116 cm³/mol. The van der Waals surface area contributed by atoms with Crippen LogP contribution in [-0.4, -0.2) is 39.2 Å². The van der Waals surface area contributed by atoms with Crippen LogP contribution in [0.15, 0.2) is 15.5 Å². The Hall–Kier alpha value is -2.84. The first-order valence-electron chi connectivity index (χ1n) is 10.8. The fraction of sp³-hybridized carbons (Fsp3) is 0.636. The van der Waals surface area contributed by atoms with Crippen LogP contribution in [0.1, 0.15) is 75.4 Å². The minimum absolute atomic E-state index is 0.141. The van der Waals surface area contributed by atoms with Gasteiger partial charge in [-0.2, -0.15) is 0 Å². The maximum atomic E-state index is 13.1. The second-order valence-electron chi connectivity index (χ2n) is 9.38. The number of alkyl carbamates (subject to hydrolysis) is 1. The molecule has 2 heterocycles. The molecule has 9 heteroatoms. The van der Waals surface area contributed by atoms with E-state index in [1.54, 1.807) is 14.0 Å². The van der Waals surface area contributed by atoms with Gasteiger partial charge in [-0.3, -0.25) is 9.59 Å². The van der Waals surface area contributed by atoms with Crippen molar-refractivity contribution >= 4 is 23.1 Å². The van der Waals surface area contributed by atoms with Crippen molar-refractivity contribution < 1.29 is 18.7 Å². The van der Waals surface area contributed by atoms with E-state index >= 15 is 0 Å². The zero-order valence-corrected chi connectivity index (χ0v) is 19.0. The highest BCUT2D eigenvalue weighted by molar-refractivity contribution is 6.06. The zero-order chi connectivity index (χ0) is 22.8. The van der Waals surface area contributed by atoms with E-state index in [0.717, 1.165) is 38.5 Å². The fourth-order valence-electron chi connectivity index (χ4n) is 4.07. The molecular formula is C22H32N4O5. The van der Waals surface area contributed by atoms with Crippen molar-refractivity contribution in [2.24, 2.45) is 7.05 Å². The van der Waals surface area contributed by atoms with Gasteiger partial charge in [0.05, 0.1) is 11.1 Å². The minimum Gasteiger partial charge on any atom is -0.444 e. The van der Waals surface area contributed by atoms with Crippen LogP contribution in [-0.2, 0) is 11.8 Å². The number of hydrogen-bond donors (Lipinski definition) is 2. The maximum Gasteiger partial charge on any atom is 0.408 e.